The number of hydrogen-bond acceptors (Lipinski definition) is 3. The molecule has 2 atom stereocenters. The van der Waals surface area contributed by atoms with E-state index in [-0.39, 0.29) is 6.10 Å². The van der Waals surface area contributed by atoms with Crippen LogP contribution in [0.5, 0.6) is 0 Å². The Morgan fingerprint density at radius 3 is 2.10 bits per heavy atom. The zero-order valence-corrected chi connectivity index (χ0v) is 6.83. The third kappa shape index (κ3) is 3.82. The summed E-state index contributed by atoms with van der Waals surface area (Å²) in [5.41, 5.74) is 0. The third-order valence-corrected chi connectivity index (χ3v) is 1.17. The lowest BCUT2D eigenvalue weighted by Crippen LogP contribution is -2.28. The molecule has 62 valence electrons. The predicted octanol–water partition coefficient (Wildman–Crippen LogP) is 0.766. The van der Waals surface area contributed by atoms with E-state index in [2.05, 4.69) is 0 Å². The molecule has 0 aliphatic heterocycles. The Kier molecular flexibility index (Phi) is 5.58. The highest BCUT2D eigenvalue weighted by Crippen LogP contribution is 1.99. The normalized spacial score (nSPS) is 16.8. The molecule has 3 nitrogen and oxygen atoms in total. The SMILES string of the molecule is CCOC(C)C(O)OCC. The van der Waals surface area contributed by atoms with Crippen molar-refractivity contribution < 1.29 is 14.6 Å². The van der Waals surface area contributed by atoms with Crippen molar-refractivity contribution >= 4 is 0 Å². The Morgan fingerprint density at radius 2 is 1.70 bits per heavy atom. The van der Waals surface area contributed by atoms with Crippen molar-refractivity contribution in [3.05, 3.63) is 0 Å². The lowest BCUT2D eigenvalue weighted by molar-refractivity contribution is -0.168. The maximum absolute atomic E-state index is 9.10. The molecule has 0 saturated heterocycles. The molecular formula is C7H16O3. The van der Waals surface area contributed by atoms with Crippen molar-refractivity contribution in [3.63, 3.8) is 0 Å². The molecule has 0 fully saturated rings. The topological polar surface area (TPSA) is 38.7 Å². The van der Waals surface area contributed by atoms with Gasteiger partial charge in [0, 0.05) is 13.2 Å². The first-order chi connectivity index (χ1) is 4.72. The number of rotatable bonds is 5. The van der Waals surface area contributed by atoms with E-state index in [0.29, 0.717) is 13.2 Å². The minimum atomic E-state index is -0.787. The van der Waals surface area contributed by atoms with Gasteiger partial charge in [0.15, 0.2) is 6.29 Å². The fourth-order valence-electron chi connectivity index (χ4n) is 0.651. The highest BCUT2D eigenvalue weighted by Gasteiger charge is 2.12. The molecule has 0 heterocycles. The van der Waals surface area contributed by atoms with Crippen molar-refractivity contribution in [1.82, 2.24) is 0 Å². The molecule has 3 heteroatoms. The van der Waals surface area contributed by atoms with E-state index in [0.717, 1.165) is 0 Å². The zero-order valence-electron chi connectivity index (χ0n) is 6.83. The highest BCUT2D eigenvalue weighted by molar-refractivity contribution is 4.51. The first kappa shape index (κ1) is 9.88. The number of ether oxygens (including phenoxy) is 2. The fourth-order valence-corrected chi connectivity index (χ4v) is 0.651. The van der Waals surface area contributed by atoms with Crippen LogP contribution in [0.3, 0.4) is 0 Å². The standard InChI is InChI=1S/C7H16O3/c1-4-9-6(3)7(8)10-5-2/h6-8H,4-5H2,1-3H3. The van der Waals surface area contributed by atoms with E-state index in [1.807, 2.05) is 13.8 Å². The van der Waals surface area contributed by atoms with Crippen LogP contribution < -0.4 is 0 Å². The summed E-state index contributed by atoms with van der Waals surface area (Å²) >= 11 is 0. The van der Waals surface area contributed by atoms with Gasteiger partial charge in [0.05, 0.1) is 0 Å². The van der Waals surface area contributed by atoms with Gasteiger partial charge in [-0.05, 0) is 20.8 Å². The van der Waals surface area contributed by atoms with Crippen molar-refractivity contribution in [1.29, 1.82) is 0 Å². The minimum Gasteiger partial charge on any atom is -0.374 e. The summed E-state index contributed by atoms with van der Waals surface area (Å²) in [5, 5.41) is 9.10. The van der Waals surface area contributed by atoms with Crippen LogP contribution in [-0.4, -0.2) is 30.7 Å². The lowest BCUT2D eigenvalue weighted by Gasteiger charge is -2.17. The van der Waals surface area contributed by atoms with Gasteiger partial charge in [0.1, 0.15) is 6.10 Å². The van der Waals surface area contributed by atoms with Crippen molar-refractivity contribution in [3.8, 4) is 0 Å². The third-order valence-electron chi connectivity index (χ3n) is 1.17. The Bertz CT molecular complexity index is 65.3. The molecule has 0 spiro atoms. The van der Waals surface area contributed by atoms with Crippen LogP contribution in [0.25, 0.3) is 0 Å². The lowest BCUT2D eigenvalue weighted by atomic mass is 10.4. The summed E-state index contributed by atoms with van der Waals surface area (Å²) in [6.45, 7) is 6.62. The van der Waals surface area contributed by atoms with Crippen LogP contribution >= 0.6 is 0 Å². The molecule has 2 unspecified atom stereocenters. The molecular weight excluding hydrogens is 132 g/mol. The molecule has 0 aromatic carbocycles. The Labute approximate surface area is 62.0 Å². The average molecular weight is 148 g/mol. The summed E-state index contributed by atoms with van der Waals surface area (Å²) in [5.74, 6) is 0. The van der Waals surface area contributed by atoms with E-state index in [9.17, 15) is 0 Å². The maximum Gasteiger partial charge on any atom is 0.180 e. The van der Waals surface area contributed by atoms with Crippen molar-refractivity contribution in [2.75, 3.05) is 13.2 Å². The highest BCUT2D eigenvalue weighted by atomic mass is 16.6. The van der Waals surface area contributed by atoms with Gasteiger partial charge in [-0.3, -0.25) is 0 Å². The summed E-state index contributed by atoms with van der Waals surface area (Å²) < 4.78 is 9.97. The van der Waals surface area contributed by atoms with Gasteiger partial charge >= 0.3 is 0 Å². The van der Waals surface area contributed by atoms with Crippen molar-refractivity contribution in [2.45, 2.75) is 33.2 Å². The van der Waals surface area contributed by atoms with Crippen LogP contribution in [0, 0.1) is 0 Å². The molecule has 0 radical (unpaired) electrons. The van der Waals surface area contributed by atoms with Crippen LogP contribution in [0.15, 0.2) is 0 Å². The Balaban J connectivity index is 3.38. The van der Waals surface area contributed by atoms with E-state index >= 15 is 0 Å². The van der Waals surface area contributed by atoms with Gasteiger partial charge in [-0.1, -0.05) is 0 Å². The van der Waals surface area contributed by atoms with Crippen LogP contribution in [0.4, 0.5) is 0 Å². The van der Waals surface area contributed by atoms with Crippen LogP contribution in [-0.2, 0) is 9.47 Å². The minimum absolute atomic E-state index is 0.232. The molecule has 0 aliphatic carbocycles. The van der Waals surface area contributed by atoms with Gasteiger partial charge in [-0.25, -0.2) is 0 Å². The van der Waals surface area contributed by atoms with E-state index in [1.54, 1.807) is 6.92 Å². The molecule has 0 aliphatic rings. The van der Waals surface area contributed by atoms with Crippen LogP contribution in [0.2, 0.25) is 0 Å². The van der Waals surface area contributed by atoms with Crippen molar-refractivity contribution in [2.24, 2.45) is 0 Å². The maximum atomic E-state index is 9.10. The summed E-state index contributed by atoms with van der Waals surface area (Å²) in [7, 11) is 0. The van der Waals surface area contributed by atoms with Gasteiger partial charge in [0.2, 0.25) is 0 Å². The second kappa shape index (κ2) is 5.65. The first-order valence-corrected chi connectivity index (χ1v) is 3.63. The largest absolute Gasteiger partial charge is 0.374 e. The second-order valence-corrected chi connectivity index (χ2v) is 2.01. The number of aliphatic hydroxyl groups is 1. The quantitative estimate of drug-likeness (QED) is 0.585. The monoisotopic (exact) mass is 148 g/mol. The van der Waals surface area contributed by atoms with Gasteiger partial charge in [-0.15, -0.1) is 0 Å². The second-order valence-electron chi connectivity index (χ2n) is 2.01. The first-order valence-electron chi connectivity index (χ1n) is 3.63. The zero-order chi connectivity index (χ0) is 7.98. The van der Waals surface area contributed by atoms with Gasteiger partial charge in [0.25, 0.3) is 0 Å². The molecule has 0 saturated carbocycles. The average Bonchev–Trinajstić information content (AvgIpc) is 1.89. The van der Waals surface area contributed by atoms with E-state index < -0.39 is 6.29 Å². The molecule has 0 rings (SSSR count). The fraction of sp³-hybridized carbons (Fsp3) is 1.00. The number of aliphatic hydroxyl groups excluding tert-OH is 1. The molecule has 0 amide bonds. The van der Waals surface area contributed by atoms with Crippen LogP contribution in [0.1, 0.15) is 20.8 Å². The molecule has 0 aromatic rings. The summed E-state index contributed by atoms with van der Waals surface area (Å²) in [6, 6.07) is 0. The molecule has 0 aromatic heterocycles. The van der Waals surface area contributed by atoms with Gasteiger partial charge < -0.3 is 14.6 Å². The van der Waals surface area contributed by atoms with E-state index in [4.69, 9.17) is 14.6 Å². The molecule has 1 N–H and O–H groups in total. The molecule has 0 bridgehead atoms. The van der Waals surface area contributed by atoms with E-state index in [1.165, 1.54) is 0 Å². The molecule has 10 heavy (non-hydrogen) atoms. The predicted molar refractivity (Wildman–Crippen MR) is 38.7 cm³/mol. The smallest absolute Gasteiger partial charge is 0.180 e. The number of hydrogen-bond donors (Lipinski definition) is 1. The van der Waals surface area contributed by atoms with Gasteiger partial charge in [-0.2, -0.15) is 0 Å². The Morgan fingerprint density at radius 1 is 1.20 bits per heavy atom. The summed E-state index contributed by atoms with van der Waals surface area (Å²) in [4.78, 5) is 0. The summed E-state index contributed by atoms with van der Waals surface area (Å²) in [6.07, 6.45) is -1.02. The Hall–Kier alpha value is -0.120.